The molecule has 0 radical (unpaired) electrons. The summed E-state index contributed by atoms with van der Waals surface area (Å²) in [5.74, 6) is -5.16. The Labute approximate surface area is 233 Å². The van der Waals surface area contributed by atoms with Crippen LogP contribution in [0.15, 0.2) is 24.3 Å². The summed E-state index contributed by atoms with van der Waals surface area (Å²) in [4.78, 5) is 33.0. The molecule has 0 aromatic heterocycles. The quantitative estimate of drug-likeness (QED) is 0.401. The number of hydrogen-bond acceptors (Lipinski definition) is 8. The Morgan fingerprint density at radius 3 is 1.56 bits per heavy atom. The van der Waals surface area contributed by atoms with E-state index in [0.29, 0.717) is 10.5 Å². The molecule has 0 aliphatic carbocycles. The zero-order valence-corrected chi connectivity index (χ0v) is 22.8. The van der Waals surface area contributed by atoms with Gasteiger partial charge in [-0.15, -0.1) is 5.75 Å². The van der Waals surface area contributed by atoms with Crippen LogP contribution < -0.4 is 139 Å². The van der Waals surface area contributed by atoms with Crippen LogP contribution in [0.25, 0.3) is 0 Å². The molecule has 0 spiro atoms. The maximum atomic E-state index is 11.1. The Morgan fingerprint density at radius 1 is 0.840 bits per heavy atom. The standard InChI is InChI=1S/C13H15NO7.4Na/c15-9-3-1-8(2-4-9)5-10(13(20)21)14(6-11(16)17)7-12(18)19;;;;/h1-4,10,15H,5-7H2,(H,16,17)(H,18,19)(H,20,21);;;;/q;4*+1/p-4. The second-order valence-electron chi connectivity index (χ2n) is 4.33. The van der Waals surface area contributed by atoms with Gasteiger partial charge < -0.3 is 34.8 Å². The predicted molar refractivity (Wildman–Crippen MR) is 60.0 cm³/mol. The summed E-state index contributed by atoms with van der Waals surface area (Å²) in [6.45, 7) is -1.79. The molecule has 8 nitrogen and oxygen atoms in total. The number of rotatable bonds is 8. The van der Waals surface area contributed by atoms with E-state index in [9.17, 15) is 34.8 Å². The fraction of sp³-hybridized carbons (Fsp3) is 0.308. The van der Waals surface area contributed by atoms with E-state index in [1.165, 1.54) is 24.3 Å². The molecule has 0 saturated carbocycles. The first-order valence-corrected chi connectivity index (χ1v) is 5.90. The minimum atomic E-state index is -1.64. The van der Waals surface area contributed by atoms with Gasteiger partial charge in [-0.25, -0.2) is 0 Å². The molecule has 0 amide bonds. The third-order valence-corrected chi connectivity index (χ3v) is 2.73. The van der Waals surface area contributed by atoms with Gasteiger partial charge in [-0.2, -0.15) is 0 Å². The zero-order chi connectivity index (χ0) is 16.0. The number of benzene rings is 1. The number of nitrogens with zero attached hydrogens (tertiary/aromatic N) is 1. The van der Waals surface area contributed by atoms with E-state index < -0.39 is 37.0 Å². The van der Waals surface area contributed by atoms with Crippen LogP contribution in [-0.4, -0.2) is 41.9 Å². The summed E-state index contributed by atoms with van der Waals surface area (Å²) < 4.78 is 0. The first-order chi connectivity index (χ1) is 9.79. The van der Waals surface area contributed by atoms with Gasteiger partial charge in [0.2, 0.25) is 0 Å². The van der Waals surface area contributed by atoms with Crippen molar-refractivity contribution in [1.29, 1.82) is 0 Å². The van der Waals surface area contributed by atoms with E-state index in [2.05, 4.69) is 0 Å². The molecule has 0 aliphatic heterocycles. The van der Waals surface area contributed by atoms with Crippen molar-refractivity contribution in [2.45, 2.75) is 12.5 Å². The van der Waals surface area contributed by atoms with Gasteiger partial charge in [0.15, 0.2) is 0 Å². The molecule has 1 aromatic rings. The SMILES string of the molecule is O=C([O-])CN(CC(=O)[O-])C(Cc1ccc([O-])cc1)C(=O)[O-].[Na+].[Na+].[Na+].[Na+]. The van der Waals surface area contributed by atoms with E-state index in [1.807, 2.05) is 0 Å². The van der Waals surface area contributed by atoms with Crippen LogP contribution >= 0.6 is 0 Å². The molecule has 1 atom stereocenters. The molecule has 1 unspecified atom stereocenters. The molecule has 1 aromatic carbocycles. The molecular formula is C13H11NNa4O7. The van der Waals surface area contributed by atoms with Crippen molar-refractivity contribution in [2.75, 3.05) is 13.1 Å². The van der Waals surface area contributed by atoms with Gasteiger partial charge in [-0.1, -0.05) is 24.3 Å². The molecule has 0 bridgehead atoms. The van der Waals surface area contributed by atoms with E-state index in [-0.39, 0.29) is 130 Å². The number of carboxylic acid groups (broad SMARTS) is 3. The smallest absolute Gasteiger partial charge is 0.872 e. The van der Waals surface area contributed by atoms with Crippen LogP contribution in [-0.2, 0) is 20.8 Å². The molecule has 25 heavy (non-hydrogen) atoms. The summed E-state index contributed by atoms with van der Waals surface area (Å²) >= 11 is 0. The van der Waals surface area contributed by atoms with Gasteiger partial charge in [0.25, 0.3) is 0 Å². The summed E-state index contributed by atoms with van der Waals surface area (Å²) in [7, 11) is 0. The van der Waals surface area contributed by atoms with Crippen molar-refractivity contribution in [3.8, 4) is 5.75 Å². The maximum Gasteiger partial charge on any atom is 1.00 e. The molecule has 0 saturated heterocycles. The summed E-state index contributed by atoms with van der Waals surface area (Å²) in [6.07, 6.45) is -0.219. The van der Waals surface area contributed by atoms with Gasteiger partial charge in [0.05, 0.1) is 23.9 Å². The fourth-order valence-corrected chi connectivity index (χ4v) is 1.82. The van der Waals surface area contributed by atoms with Crippen LogP contribution in [0.4, 0.5) is 0 Å². The molecular weight excluding hydrogens is 374 g/mol. The predicted octanol–water partition coefficient (Wildman–Crippen LogP) is -16.8. The van der Waals surface area contributed by atoms with Gasteiger partial charge in [-0.3, -0.25) is 4.90 Å². The Kier molecular flexibility index (Phi) is 23.7. The van der Waals surface area contributed by atoms with Crippen LogP contribution in [0.3, 0.4) is 0 Å². The Balaban J connectivity index is -0.000000551. The second kappa shape index (κ2) is 17.5. The summed E-state index contributed by atoms with van der Waals surface area (Å²) in [5.41, 5.74) is 0.422. The molecule has 0 heterocycles. The first-order valence-electron chi connectivity index (χ1n) is 5.90. The van der Waals surface area contributed by atoms with Gasteiger partial charge >= 0.3 is 118 Å². The molecule has 1 rings (SSSR count). The molecule has 0 fully saturated rings. The number of carbonyl (C=O) groups excluding carboxylic acids is 3. The van der Waals surface area contributed by atoms with Crippen LogP contribution in [0.1, 0.15) is 5.56 Å². The fourth-order valence-electron chi connectivity index (χ4n) is 1.82. The van der Waals surface area contributed by atoms with E-state index in [1.54, 1.807) is 0 Å². The van der Waals surface area contributed by atoms with Crippen molar-refractivity contribution in [2.24, 2.45) is 0 Å². The zero-order valence-electron chi connectivity index (χ0n) is 14.8. The van der Waals surface area contributed by atoms with E-state index >= 15 is 0 Å². The summed E-state index contributed by atoms with van der Waals surface area (Å²) in [6, 6.07) is 3.66. The normalized spacial score (nSPS) is 10.1. The Hall–Kier alpha value is 1.39. The third-order valence-electron chi connectivity index (χ3n) is 2.73. The van der Waals surface area contributed by atoms with Crippen molar-refractivity contribution in [3.63, 3.8) is 0 Å². The second-order valence-corrected chi connectivity index (χ2v) is 4.33. The monoisotopic (exact) mass is 385 g/mol. The number of carbonyl (C=O) groups is 3. The third kappa shape index (κ3) is 14.1. The van der Waals surface area contributed by atoms with Crippen LogP contribution in [0, 0.1) is 0 Å². The van der Waals surface area contributed by atoms with E-state index in [0.717, 1.165) is 0 Å². The first kappa shape index (κ1) is 33.9. The average Bonchev–Trinajstić information content (AvgIpc) is 2.35. The van der Waals surface area contributed by atoms with Gasteiger partial charge in [0.1, 0.15) is 0 Å². The molecule has 114 valence electrons. The Bertz CT molecular complexity index is 526. The topological polar surface area (TPSA) is 147 Å². The van der Waals surface area contributed by atoms with Crippen molar-refractivity contribution in [1.82, 2.24) is 4.90 Å². The van der Waals surface area contributed by atoms with Gasteiger partial charge in [-0.05, 0) is 12.0 Å². The van der Waals surface area contributed by atoms with E-state index in [4.69, 9.17) is 0 Å². The van der Waals surface area contributed by atoms with Crippen molar-refractivity contribution < 1.29 is 153 Å². The number of carboxylic acids is 3. The molecule has 0 aliphatic rings. The largest absolute Gasteiger partial charge is 1.00 e. The number of aliphatic carboxylic acids is 3. The number of hydrogen-bond donors (Lipinski definition) is 0. The Morgan fingerprint density at radius 2 is 1.24 bits per heavy atom. The minimum Gasteiger partial charge on any atom is -0.872 e. The van der Waals surface area contributed by atoms with Crippen LogP contribution in [0.2, 0.25) is 0 Å². The molecule has 12 heteroatoms. The average molecular weight is 385 g/mol. The van der Waals surface area contributed by atoms with Crippen molar-refractivity contribution in [3.05, 3.63) is 29.8 Å². The van der Waals surface area contributed by atoms with Crippen molar-refractivity contribution >= 4 is 17.9 Å². The summed E-state index contributed by atoms with van der Waals surface area (Å²) in [5, 5.41) is 43.3. The van der Waals surface area contributed by atoms with Gasteiger partial charge in [0, 0.05) is 13.1 Å². The van der Waals surface area contributed by atoms with Crippen LogP contribution in [0.5, 0.6) is 5.75 Å². The maximum absolute atomic E-state index is 11.1. The molecule has 0 N–H and O–H groups in total. The minimum absolute atomic E-state index is 0.